The number of nitrogens with one attached hydrogen (secondary N) is 7. The highest BCUT2D eigenvalue weighted by Gasteiger charge is 2.18. The van der Waals surface area contributed by atoms with Gasteiger partial charge >= 0.3 is 0 Å². The van der Waals surface area contributed by atoms with E-state index in [1.54, 1.807) is 24.8 Å². The number of nitrogens with zero attached hydrogens (tertiary/aromatic N) is 13. The van der Waals surface area contributed by atoms with Crippen molar-refractivity contribution in [3.8, 4) is 33.4 Å². The summed E-state index contributed by atoms with van der Waals surface area (Å²) in [5, 5.41) is 24.2. The van der Waals surface area contributed by atoms with Gasteiger partial charge in [0.2, 0.25) is 35.6 Å². The Bertz CT molecular complexity index is 4810. The number of rotatable bonds is 18. The maximum atomic E-state index is 11.7. The van der Waals surface area contributed by atoms with Crippen molar-refractivity contribution < 1.29 is 19.1 Å². The van der Waals surface area contributed by atoms with Crippen LogP contribution >= 0.6 is 0 Å². The van der Waals surface area contributed by atoms with Crippen LogP contribution in [0, 0.1) is 0 Å². The van der Waals surface area contributed by atoms with Crippen LogP contribution in [0.4, 0.5) is 69.4 Å². The van der Waals surface area contributed by atoms with E-state index in [9.17, 15) is 14.4 Å². The predicted molar refractivity (Wildman–Crippen MR) is 412 cm³/mol. The molecule has 0 spiro atoms. The molecule has 3 fully saturated rings. The fraction of sp³-hybridized carbons (Fsp3) is 0.165. The number of likely N-dealkylation sites (N-methyl/N-ethyl adjacent to an activating group) is 1. The molecule has 0 bridgehead atoms. The molecule has 3 aliphatic rings. The van der Waals surface area contributed by atoms with Crippen molar-refractivity contribution in [2.75, 3.05) is 132 Å². The van der Waals surface area contributed by atoms with Gasteiger partial charge in [-0.15, -0.1) is 0 Å². The van der Waals surface area contributed by atoms with Gasteiger partial charge in [-0.05, 0) is 151 Å². The van der Waals surface area contributed by atoms with E-state index in [1.165, 1.54) is 35.3 Å². The minimum Gasteiger partial charge on any atom is -0.378 e. The average molecular weight is 1370 g/mol. The molecule has 15 rings (SSSR count). The molecule has 12 aromatic rings. The smallest absolute Gasteiger partial charge is 0.248 e. The number of morpholine rings is 1. The summed E-state index contributed by atoms with van der Waals surface area (Å²) in [5.74, 6) is 1.99. The number of anilines is 12. The molecule has 0 aliphatic carbocycles. The molecule has 24 nitrogen and oxygen atoms in total. The standard InChI is InChI=1S/C27H27N7O.C26H25N7O.C26H24N6O2/c1-3-25(35)31-24-17-19(11-12-28-24)23-6-4-5-20-18-29-27(32-26(20)23)30-21-7-9-22(10-8-21)34-15-13-33(2)14-16-34;1-2-24(34)31-23-16-18(10-11-28-23)22-5-3-4-19-17-29-26(32-25(19)22)30-20-6-8-21(9-7-20)33-14-12-27-13-15-33;1-2-24(33)30-23-16-18(10-11-27-23)22-5-3-4-19-17-28-26(31-25(19)22)29-20-6-8-21(9-7-20)32-12-14-34-15-13-32/h3-12,17-18H,1,13-16H2,2H3,(H,28,31,35)(H,29,30,32);2-11,16-17,27H,1,12-15H2,(H,28,31,34)(H,29,30,32);2-11,16-17H,1,12-15H2,(H,27,30,33)(H,28,29,31). The first-order valence-corrected chi connectivity index (χ1v) is 33.8. The van der Waals surface area contributed by atoms with Crippen molar-refractivity contribution in [1.82, 2.24) is 55.1 Å². The van der Waals surface area contributed by atoms with Crippen LogP contribution in [0.5, 0.6) is 0 Å². The Kier molecular flexibility index (Phi) is 21.9. The lowest BCUT2D eigenvalue weighted by Gasteiger charge is -2.34. The number of hydrogen-bond acceptors (Lipinski definition) is 21. The largest absolute Gasteiger partial charge is 0.378 e. The molecule has 516 valence electrons. The van der Waals surface area contributed by atoms with Crippen LogP contribution in [0.3, 0.4) is 0 Å². The van der Waals surface area contributed by atoms with Crippen LogP contribution in [0.15, 0.2) is 239 Å². The minimum absolute atomic E-state index is 0.306. The van der Waals surface area contributed by atoms with Gasteiger partial charge in [-0.2, -0.15) is 0 Å². The molecule has 0 unspecified atom stereocenters. The van der Waals surface area contributed by atoms with Gasteiger partial charge in [-0.3, -0.25) is 14.4 Å². The third kappa shape index (κ3) is 17.6. The first-order chi connectivity index (χ1) is 50.5. The lowest BCUT2D eigenvalue weighted by atomic mass is 10.0. The number of carbonyl (C=O) groups is 3. The Morgan fingerprint density at radius 1 is 0.408 bits per heavy atom. The number of fused-ring (bicyclic) bond motifs is 3. The molecule has 3 amide bonds. The Morgan fingerprint density at radius 3 is 1.08 bits per heavy atom. The van der Waals surface area contributed by atoms with Gasteiger partial charge in [0.05, 0.1) is 29.8 Å². The molecule has 7 N–H and O–H groups in total. The number of amides is 3. The fourth-order valence-electron chi connectivity index (χ4n) is 12.0. The number of benzene rings is 6. The van der Waals surface area contributed by atoms with E-state index in [2.05, 4.69) is 162 Å². The second kappa shape index (κ2) is 32.8. The highest BCUT2D eigenvalue weighted by Crippen LogP contribution is 2.34. The van der Waals surface area contributed by atoms with Crippen molar-refractivity contribution in [2.24, 2.45) is 0 Å². The van der Waals surface area contributed by atoms with E-state index in [0.717, 1.165) is 162 Å². The molecule has 3 aliphatic heterocycles. The number of aromatic nitrogens is 9. The third-order valence-corrected chi connectivity index (χ3v) is 17.5. The quantitative estimate of drug-likeness (QED) is 0.0393. The summed E-state index contributed by atoms with van der Waals surface area (Å²) in [6.45, 7) is 22.0. The molecule has 3 saturated heterocycles. The molecule has 9 heterocycles. The van der Waals surface area contributed by atoms with Gasteiger partial charge in [0, 0.05) is 170 Å². The van der Waals surface area contributed by atoms with Crippen molar-refractivity contribution in [3.05, 3.63) is 239 Å². The van der Waals surface area contributed by atoms with Gasteiger partial charge < -0.3 is 61.6 Å². The van der Waals surface area contributed by atoms with Crippen molar-refractivity contribution >= 4 is 120 Å². The number of ether oxygens (including phenoxy) is 1. The zero-order valence-corrected chi connectivity index (χ0v) is 56.8. The Balaban J connectivity index is 0.000000138. The van der Waals surface area contributed by atoms with E-state index in [4.69, 9.17) is 19.7 Å². The highest BCUT2D eigenvalue weighted by molar-refractivity contribution is 6.02. The zero-order chi connectivity index (χ0) is 70.9. The lowest BCUT2D eigenvalue weighted by Crippen LogP contribution is -2.44. The van der Waals surface area contributed by atoms with E-state index in [-0.39, 0.29) is 17.7 Å². The topological polar surface area (TPSA) is 274 Å². The zero-order valence-electron chi connectivity index (χ0n) is 56.8. The molecule has 0 atom stereocenters. The van der Waals surface area contributed by atoms with Crippen molar-refractivity contribution in [2.45, 2.75) is 0 Å². The number of para-hydroxylation sites is 3. The Labute approximate surface area is 595 Å². The highest BCUT2D eigenvalue weighted by atomic mass is 16.5. The molecular weight excluding hydrogens is 1290 g/mol. The van der Waals surface area contributed by atoms with E-state index in [1.807, 2.05) is 128 Å². The second-order valence-corrected chi connectivity index (χ2v) is 24.3. The number of carbonyl (C=O) groups excluding carboxylic acids is 3. The minimum atomic E-state index is -0.309. The Morgan fingerprint density at radius 2 is 0.738 bits per heavy atom. The first kappa shape index (κ1) is 68.6. The molecule has 24 heteroatoms. The van der Waals surface area contributed by atoms with E-state index in [0.29, 0.717) is 35.3 Å². The van der Waals surface area contributed by atoms with Crippen LogP contribution < -0.4 is 51.9 Å². The molecule has 0 radical (unpaired) electrons. The molecule has 6 aromatic heterocycles. The van der Waals surface area contributed by atoms with Crippen LogP contribution in [0.1, 0.15) is 0 Å². The maximum Gasteiger partial charge on any atom is 0.248 e. The van der Waals surface area contributed by atoms with Crippen LogP contribution in [0.25, 0.3) is 66.1 Å². The third-order valence-electron chi connectivity index (χ3n) is 17.5. The SMILES string of the molecule is C=CC(=O)Nc1cc(-c2cccc3cnc(Nc4ccc(N5CCN(C)CC5)cc4)nc23)ccn1.C=CC(=O)Nc1cc(-c2cccc3cnc(Nc4ccc(N5CCNCC5)cc4)nc23)ccn1.C=CC(=O)Nc1cc(-c2cccc3cnc(Nc4ccc(N5CCOCC5)cc4)nc23)ccn1. The fourth-order valence-corrected chi connectivity index (χ4v) is 12.0. The summed E-state index contributed by atoms with van der Waals surface area (Å²) in [5.41, 5.74) is 14.2. The normalized spacial score (nSPS) is 13.7. The Hall–Kier alpha value is -12.9. The average Bonchev–Trinajstić information content (AvgIpc) is 0.848. The van der Waals surface area contributed by atoms with Crippen molar-refractivity contribution in [1.29, 1.82) is 0 Å². The van der Waals surface area contributed by atoms with Gasteiger partial charge in [0.1, 0.15) is 17.5 Å². The van der Waals surface area contributed by atoms with E-state index < -0.39 is 0 Å². The van der Waals surface area contributed by atoms with E-state index >= 15 is 0 Å². The van der Waals surface area contributed by atoms with Crippen LogP contribution in [-0.2, 0) is 19.1 Å². The predicted octanol–water partition coefficient (Wildman–Crippen LogP) is 12.7. The summed E-state index contributed by atoms with van der Waals surface area (Å²) >= 11 is 0. The second-order valence-electron chi connectivity index (χ2n) is 24.3. The molecular formula is C79H76N20O4. The first-order valence-electron chi connectivity index (χ1n) is 33.8. The summed E-state index contributed by atoms with van der Waals surface area (Å²) in [7, 11) is 2.16. The maximum absolute atomic E-state index is 11.7. The number of hydrogen-bond donors (Lipinski definition) is 7. The van der Waals surface area contributed by atoms with Crippen molar-refractivity contribution in [3.63, 3.8) is 0 Å². The molecule has 0 saturated carbocycles. The number of pyridine rings is 3. The number of piperazine rings is 2. The van der Waals surface area contributed by atoms with Crippen LogP contribution in [0.2, 0.25) is 0 Å². The lowest BCUT2D eigenvalue weighted by molar-refractivity contribution is -0.112. The van der Waals surface area contributed by atoms with Crippen LogP contribution in [-0.4, -0.2) is 153 Å². The van der Waals surface area contributed by atoms with Gasteiger partial charge in [-0.1, -0.05) is 74.3 Å². The summed E-state index contributed by atoms with van der Waals surface area (Å²) in [6, 6.07) is 53.9. The molecule has 103 heavy (non-hydrogen) atoms. The monoisotopic (exact) mass is 1370 g/mol. The summed E-state index contributed by atoms with van der Waals surface area (Å²) in [4.78, 5) is 85.0. The molecule has 6 aromatic carbocycles. The summed E-state index contributed by atoms with van der Waals surface area (Å²) < 4.78 is 5.43. The van der Waals surface area contributed by atoms with Gasteiger partial charge in [-0.25, -0.2) is 44.9 Å². The summed E-state index contributed by atoms with van der Waals surface area (Å²) in [6.07, 6.45) is 14.1. The van der Waals surface area contributed by atoms with Gasteiger partial charge in [0.15, 0.2) is 0 Å². The van der Waals surface area contributed by atoms with Gasteiger partial charge in [0.25, 0.3) is 0 Å².